The number of benzene rings is 8. The number of fused-ring (bicyclic) bond motifs is 2. The predicted molar refractivity (Wildman–Crippen MR) is 197 cm³/mol. The third kappa shape index (κ3) is 4.91. The van der Waals surface area contributed by atoms with Gasteiger partial charge in [-0.25, -0.2) is 0 Å². The smallest absolute Gasteiger partial charge is 0.141 e. The number of hydrogen-bond donors (Lipinski definition) is 2. The van der Waals surface area contributed by atoms with Gasteiger partial charge >= 0.3 is 0 Å². The van der Waals surface area contributed by atoms with Crippen LogP contribution in [0.15, 0.2) is 194 Å². The van der Waals surface area contributed by atoms with E-state index < -0.39 is 11.2 Å². The molecule has 0 spiro atoms. The van der Waals surface area contributed by atoms with Gasteiger partial charge in [0.15, 0.2) is 0 Å². The van der Waals surface area contributed by atoms with E-state index in [0.29, 0.717) is 0 Å². The maximum absolute atomic E-state index is 12.7. The highest BCUT2D eigenvalue weighted by Gasteiger charge is 2.36. The Labute approximate surface area is 280 Å². The van der Waals surface area contributed by atoms with Crippen molar-refractivity contribution in [3.05, 3.63) is 228 Å². The molecule has 0 heterocycles. The van der Waals surface area contributed by atoms with Crippen LogP contribution in [0.4, 0.5) is 0 Å². The molecule has 0 aromatic heterocycles. The Kier molecular flexibility index (Phi) is 7.46. The van der Waals surface area contributed by atoms with E-state index in [9.17, 15) is 10.2 Å². The van der Waals surface area contributed by atoms with Crippen LogP contribution < -0.4 is 0 Å². The van der Waals surface area contributed by atoms with Gasteiger partial charge in [-0.1, -0.05) is 194 Å². The lowest BCUT2D eigenvalue weighted by atomic mass is 9.77. The highest BCUT2D eigenvalue weighted by molar-refractivity contribution is 5.89. The van der Waals surface area contributed by atoms with Gasteiger partial charge in [0.25, 0.3) is 0 Å². The third-order valence-electron chi connectivity index (χ3n) is 9.68. The summed E-state index contributed by atoms with van der Waals surface area (Å²) in [7, 11) is 0. The van der Waals surface area contributed by atoms with Gasteiger partial charge in [0.05, 0.1) is 0 Å². The van der Waals surface area contributed by atoms with Gasteiger partial charge in [0.1, 0.15) is 11.2 Å². The van der Waals surface area contributed by atoms with Crippen LogP contribution in [0.5, 0.6) is 0 Å². The van der Waals surface area contributed by atoms with Crippen LogP contribution in [0.25, 0.3) is 32.7 Å². The van der Waals surface area contributed by atoms with Crippen molar-refractivity contribution in [1.29, 1.82) is 0 Å². The number of hydrogen-bond acceptors (Lipinski definition) is 2. The van der Waals surface area contributed by atoms with Crippen LogP contribution in [0, 0.1) is 0 Å². The minimum atomic E-state index is -1.35. The second-order valence-electron chi connectivity index (χ2n) is 12.4. The Bertz CT molecular complexity index is 2170. The minimum absolute atomic E-state index is 0.792. The number of aliphatic hydroxyl groups is 2. The number of rotatable bonds is 7. The molecule has 2 heteroatoms. The zero-order valence-corrected chi connectivity index (χ0v) is 26.4. The van der Waals surface area contributed by atoms with Crippen molar-refractivity contribution in [1.82, 2.24) is 0 Å². The van der Waals surface area contributed by atoms with Gasteiger partial charge in [-0.2, -0.15) is 0 Å². The molecule has 8 aromatic rings. The van der Waals surface area contributed by atoms with E-state index in [1.165, 1.54) is 0 Å². The first-order valence-corrected chi connectivity index (χ1v) is 16.3. The normalized spacial score (nSPS) is 14.0. The Morgan fingerprint density at radius 1 is 0.271 bits per heavy atom. The van der Waals surface area contributed by atoms with E-state index >= 15 is 0 Å². The zero-order valence-electron chi connectivity index (χ0n) is 26.4. The molecule has 2 atom stereocenters. The van der Waals surface area contributed by atoms with Crippen LogP contribution in [0.2, 0.25) is 0 Å². The van der Waals surface area contributed by atoms with Crippen molar-refractivity contribution in [3.63, 3.8) is 0 Å². The quantitative estimate of drug-likeness (QED) is 0.175. The summed E-state index contributed by atoms with van der Waals surface area (Å²) in [5.74, 6) is 0. The summed E-state index contributed by atoms with van der Waals surface area (Å²) >= 11 is 0. The lowest BCUT2D eigenvalue weighted by molar-refractivity contribution is 0.127. The second kappa shape index (κ2) is 12.1. The molecule has 2 unspecified atom stereocenters. The highest BCUT2D eigenvalue weighted by atomic mass is 16.3. The first-order valence-electron chi connectivity index (χ1n) is 16.3. The Balaban J connectivity index is 1.20. The standard InChI is InChI=1S/C46H34O2/c47-45(37-17-3-1-4-18-37,43-23-11-15-35-13-7-9-21-41(35)43)39-29-25-33(26-30-39)34-27-31-40(32-28-34)46(48,38-19-5-2-6-20-38)44-24-12-16-36-14-8-10-22-42(36)44/h1-32,47-48H. The Hall–Kier alpha value is -5.80. The second-order valence-corrected chi connectivity index (χ2v) is 12.4. The van der Waals surface area contributed by atoms with Gasteiger partial charge in [-0.15, -0.1) is 0 Å². The van der Waals surface area contributed by atoms with Crippen molar-refractivity contribution in [3.8, 4) is 11.1 Å². The SMILES string of the molecule is OC(c1ccccc1)(c1ccc(-c2ccc(C(O)(c3ccccc3)c3cccc4ccccc34)cc2)cc1)c1cccc2ccccc12. The van der Waals surface area contributed by atoms with Crippen LogP contribution in [0.1, 0.15) is 33.4 Å². The van der Waals surface area contributed by atoms with Crippen molar-refractivity contribution in [2.45, 2.75) is 11.2 Å². The van der Waals surface area contributed by atoms with Crippen LogP contribution in [0.3, 0.4) is 0 Å². The molecule has 2 N–H and O–H groups in total. The van der Waals surface area contributed by atoms with E-state index in [4.69, 9.17) is 0 Å². The molecular weight excluding hydrogens is 585 g/mol. The summed E-state index contributed by atoms with van der Waals surface area (Å²) in [6.45, 7) is 0. The van der Waals surface area contributed by atoms with Crippen LogP contribution in [-0.4, -0.2) is 10.2 Å². The lowest BCUT2D eigenvalue weighted by Crippen LogP contribution is -2.29. The minimum Gasteiger partial charge on any atom is -0.376 e. The van der Waals surface area contributed by atoms with Crippen molar-refractivity contribution >= 4 is 21.5 Å². The van der Waals surface area contributed by atoms with Gasteiger partial charge < -0.3 is 10.2 Å². The molecule has 0 radical (unpaired) electrons. The van der Waals surface area contributed by atoms with E-state index in [-0.39, 0.29) is 0 Å². The van der Waals surface area contributed by atoms with Crippen molar-refractivity contribution < 1.29 is 10.2 Å². The Morgan fingerprint density at radius 2 is 0.583 bits per heavy atom. The van der Waals surface area contributed by atoms with Gasteiger partial charge in [-0.05, 0) is 54.9 Å². The first-order chi connectivity index (χ1) is 23.6. The summed E-state index contributed by atoms with van der Waals surface area (Å²) in [4.78, 5) is 0. The molecule has 0 saturated heterocycles. The van der Waals surface area contributed by atoms with E-state index in [2.05, 4.69) is 60.7 Å². The zero-order chi connectivity index (χ0) is 32.6. The van der Waals surface area contributed by atoms with Crippen molar-refractivity contribution in [2.75, 3.05) is 0 Å². The molecule has 8 aromatic carbocycles. The molecule has 0 amide bonds. The lowest BCUT2D eigenvalue weighted by Gasteiger charge is -2.32. The average molecular weight is 619 g/mol. The predicted octanol–water partition coefficient (Wildman–Crippen LogP) is 10.2. The first kappa shape index (κ1) is 29.6. The average Bonchev–Trinajstić information content (AvgIpc) is 3.17. The van der Waals surface area contributed by atoms with Crippen LogP contribution in [-0.2, 0) is 11.2 Å². The fraction of sp³-hybridized carbons (Fsp3) is 0.0435. The molecule has 230 valence electrons. The molecule has 0 aliphatic rings. The molecule has 0 aliphatic heterocycles. The summed E-state index contributed by atoms with van der Waals surface area (Å²) in [6, 6.07) is 64.7. The van der Waals surface area contributed by atoms with E-state index in [0.717, 1.165) is 66.1 Å². The molecule has 0 aliphatic carbocycles. The monoisotopic (exact) mass is 618 g/mol. The summed E-state index contributed by atoms with van der Waals surface area (Å²) in [5, 5.41) is 29.5. The summed E-state index contributed by atoms with van der Waals surface area (Å²) in [6.07, 6.45) is 0. The van der Waals surface area contributed by atoms with Gasteiger partial charge in [-0.3, -0.25) is 0 Å². The van der Waals surface area contributed by atoms with E-state index in [1.807, 2.05) is 133 Å². The molecule has 8 rings (SSSR count). The fourth-order valence-electron chi connectivity index (χ4n) is 7.20. The van der Waals surface area contributed by atoms with Crippen LogP contribution >= 0.6 is 0 Å². The maximum Gasteiger partial charge on any atom is 0.141 e. The largest absolute Gasteiger partial charge is 0.376 e. The van der Waals surface area contributed by atoms with Gasteiger partial charge in [0, 0.05) is 11.1 Å². The third-order valence-corrected chi connectivity index (χ3v) is 9.68. The molecule has 0 bridgehead atoms. The topological polar surface area (TPSA) is 40.5 Å². The highest BCUT2D eigenvalue weighted by Crippen LogP contribution is 2.42. The molecule has 48 heavy (non-hydrogen) atoms. The molecular formula is C46H34O2. The fourth-order valence-corrected chi connectivity index (χ4v) is 7.20. The summed E-state index contributed by atoms with van der Waals surface area (Å²) < 4.78 is 0. The molecule has 2 nitrogen and oxygen atoms in total. The van der Waals surface area contributed by atoms with Gasteiger partial charge in [0.2, 0.25) is 0 Å². The van der Waals surface area contributed by atoms with Crippen molar-refractivity contribution in [2.24, 2.45) is 0 Å². The molecule has 0 fully saturated rings. The maximum atomic E-state index is 12.7. The molecule has 0 saturated carbocycles. The van der Waals surface area contributed by atoms with E-state index in [1.54, 1.807) is 0 Å². The Morgan fingerprint density at radius 3 is 0.979 bits per heavy atom. The summed E-state index contributed by atoms with van der Waals surface area (Å²) in [5.41, 5.74) is 4.23.